The Bertz CT molecular complexity index is 911. The van der Waals surface area contributed by atoms with E-state index in [-0.39, 0.29) is 5.91 Å². The number of pyridine rings is 1. The van der Waals surface area contributed by atoms with Crippen LogP contribution in [-0.4, -0.2) is 23.2 Å². The minimum absolute atomic E-state index is 0.194. The second-order valence-electron chi connectivity index (χ2n) is 6.00. The first-order chi connectivity index (χ1) is 11.7. The van der Waals surface area contributed by atoms with Gasteiger partial charge in [-0.15, -0.1) is 0 Å². The van der Waals surface area contributed by atoms with Crippen LogP contribution in [0.25, 0.3) is 11.1 Å². The van der Waals surface area contributed by atoms with E-state index in [1.54, 1.807) is 31.4 Å². The summed E-state index contributed by atoms with van der Waals surface area (Å²) in [5.74, 6) is 0.971. The Morgan fingerprint density at radius 1 is 1.29 bits per heavy atom. The highest BCUT2D eigenvalue weighted by atomic mass is 16.5. The monoisotopic (exact) mass is 323 g/mol. The number of nitrogens with zero attached hydrogens (tertiary/aromatic N) is 2. The molecule has 1 N–H and O–H groups in total. The highest BCUT2D eigenvalue weighted by Gasteiger charge is 2.28. The zero-order valence-corrected chi connectivity index (χ0v) is 13.5. The van der Waals surface area contributed by atoms with Gasteiger partial charge in [0.15, 0.2) is 0 Å². The van der Waals surface area contributed by atoms with Crippen LogP contribution in [0.4, 0.5) is 5.69 Å². The summed E-state index contributed by atoms with van der Waals surface area (Å²) >= 11 is 0. The summed E-state index contributed by atoms with van der Waals surface area (Å²) in [6.45, 7) is 1.81. The molecule has 6 nitrogen and oxygen atoms in total. The van der Waals surface area contributed by atoms with Gasteiger partial charge in [-0.1, -0.05) is 5.16 Å². The van der Waals surface area contributed by atoms with Gasteiger partial charge in [0, 0.05) is 17.3 Å². The minimum atomic E-state index is -0.194. The van der Waals surface area contributed by atoms with E-state index in [0.29, 0.717) is 34.0 Å². The van der Waals surface area contributed by atoms with Crippen LogP contribution in [0.5, 0.6) is 5.75 Å². The number of carbonyl (C=O) groups excluding carboxylic acids is 1. The van der Waals surface area contributed by atoms with E-state index in [1.807, 2.05) is 13.0 Å². The number of carbonyl (C=O) groups is 1. The third-order valence-corrected chi connectivity index (χ3v) is 4.23. The van der Waals surface area contributed by atoms with Gasteiger partial charge in [-0.3, -0.25) is 4.79 Å². The van der Waals surface area contributed by atoms with Crippen molar-refractivity contribution in [2.24, 2.45) is 0 Å². The van der Waals surface area contributed by atoms with Gasteiger partial charge in [-0.2, -0.15) is 0 Å². The number of hydrogen-bond acceptors (Lipinski definition) is 5. The molecule has 1 aliphatic carbocycles. The van der Waals surface area contributed by atoms with Crippen LogP contribution in [0.2, 0.25) is 0 Å². The van der Waals surface area contributed by atoms with E-state index in [2.05, 4.69) is 15.5 Å². The zero-order valence-electron chi connectivity index (χ0n) is 13.5. The topological polar surface area (TPSA) is 77.2 Å². The maximum Gasteiger partial charge on any atom is 0.259 e. The summed E-state index contributed by atoms with van der Waals surface area (Å²) in [4.78, 5) is 17.3. The van der Waals surface area contributed by atoms with Gasteiger partial charge in [0.1, 0.15) is 5.75 Å². The Labute approximate surface area is 138 Å². The van der Waals surface area contributed by atoms with Gasteiger partial charge in [0.25, 0.3) is 11.6 Å². The third-order valence-electron chi connectivity index (χ3n) is 4.23. The molecule has 0 bridgehead atoms. The first-order valence-corrected chi connectivity index (χ1v) is 7.88. The lowest BCUT2D eigenvalue weighted by Crippen LogP contribution is -2.13. The molecule has 2 heterocycles. The van der Waals surface area contributed by atoms with Gasteiger partial charge < -0.3 is 14.6 Å². The summed E-state index contributed by atoms with van der Waals surface area (Å²) in [5, 5.41) is 7.54. The number of nitrogens with one attached hydrogen (secondary N) is 1. The Morgan fingerprint density at radius 2 is 2.04 bits per heavy atom. The standard InChI is InChI=1S/C18H17N3O3/c1-10-16-14(9-15(11-3-4-11)20-18(16)24-21-10)17(22)19-12-5-7-13(23-2)8-6-12/h5-9,11H,3-4H2,1-2H3,(H,19,22). The van der Waals surface area contributed by atoms with Gasteiger partial charge in [0.2, 0.25) is 0 Å². The number of anilines is 1. The predicted octanol–water partition coefficient (Wildman–Crippen LogP) is 3.67. The average molecular weight is 323 g/mol. The molecule has 122 valence electrons. The van der Waals surface area contributed by atoms with Crippen molar-refractivity contribution in [2.45, 2.75) is 25.7 Å². The predicted molar refractivity (Wildman–Crippen MR) is 89.5 cm³/mol. The fraction of sp³-hybridized carbons (Fsp3) is 0.278. The maximum atomic E-state index is 12.8. The molecule has 4 rings (SSSR count). The van der Waals surface area contributed by atoms with Crippen LogP contribution in [0, 0.1) is 6.92 Å². The van der Waals surface area contributed by atoms with Crippen LogP contribution in [-0.2, 0) is 0 Å². The maximum absolute atomic E-state index is 12.8. The number of ether oxygens (including phenoxy) is 1. The molecule has 2 aromatic heterocycles. The van der Waals surface area contributed by atoms with Crippen molar-refractivity contribution < 1.29 is 14.1 Å². The van der Waals surface area contributed by atoms with Gasteiger partial charge in [-0.25, -0.2) is 4.98 Å². The first-order valence-electron chi connectivity index (χ1n) is 7.88. The molecule has 0 aliphatic heterocycles. The second kappa shape index (κ2) is 5.63. The molecule has 6 heteroatoms. The van der Waals surface area contributed by atoms with Crippen LogP contribution in [0.1, 0.15) is 40.5 Å². The fourth-order valence-corrected chi connectivity index (χ4v) is 2.75. The molecule has 1 saturated carbocycles. The van der Waals surface area contributed by atoms with Crippen molar-refractivity contribution in [2.75, 3.05) is 12.4 Å². The molecule has 3 aromatic rings. The molecular formula is C18H17N3O3. The van der Waals surface area contributed by atoms with E-state index in [9.17, 15) is 4.79 Å². The Kier molecular flexibility index (Phi) is 3.45. The number of fused-ring (bicyclic) bond motifs is 1. The number of benzene rings is 1. The van der Waals surface area contributed by atoms with Crippen molar-refractivity contribution in [3.05, 3.63) is 47.3 Å². The summed E-state index contributed by atoms with van der Waals surface area (Å²) < 4.78 is 10.4. The number of amides is 1. The zero-order chi connectivity index (χ0) is 16.7. The van der Waals surface area contributed by atoms with Crippen molar-refractivity contribution >= 4 is 22.7 Å². The molecular weight excluding hydrogens is 306 g/mol. The highest BCUT2D eigenvalue weighted by molar-refractivity contribution is 6.12. The summed E-state index contributed by atoms with van der Waals surface area (Å²) in [6, 6.07) is 9.08. The fourth-order valence-electron chi connectivity index (χ4n) is 2.75. The van der Waals surface area contributed by atoms with Crippen LogP contribution >= 0.6 is 0 Å². The first kappa shape index (κ1) is 14.7. The van der Waals surface area contributed by atoms with E-state index < -0.39 is 0 Å². The molecule has 1 fully saturated rings. The Hall–Kier alpha value is -2.89. The van der Waals surface area contributed by atoms with Crippen LogP contribution in [0.15, 0.2) is 34.9 Å². The van der Waals surface area contributed by atoms with E-state index in [4.69, 9.17) is 9.26 Å². The Balaban J connectivity index is 1.70. The molecule has 1 aromatic carbocycles. The van der Waals surface area contributed by atoms with Crippen LogP contribution < -0.4 is 10.1 Å². The molecule has 0 atom stereocenters. The number of aryl methyl sites for hydroxylation is 1. The van der Waals surface area contributed by atoms with Gasteiger partial charge in [-0.05, 0) is 50.1 Å². The smallest absolute Gasteiger partial charge is 0.259 e. The Morgan fingerprint density at radius 3 is 2.71 bits per heavy atom. The summed E-state index contributed by atoms with van der Waals surface area (Å²) in [5.41, 5.74) is 3.25. The SMILES string of the molecule is COc1ccc(NC(=O)c2cc(C3CC3)nc3onc(C)c23)cc1. The van der Waals surface area contributed by atoms with Crippen LogP contribution in [0.3, 0.4) is 0 Å². The molecule has 1 aliphatic rings. The summed E-state index contributed by atoms with van der Waals surface area (Å²) in [7, 11) is 1.61. The molecule has 0 unspecified atom stereocenters. The lowest BCUT2D eigenvalue weighted by atomic mass is 10.1. The van der Waals surface area contributed by atoms with Gasteiger partial charge in [0.05, 0.1) is 23.8 Å². The van der Waals surface area contributed by atoms with E-state index in [0.717, 1.165) is 24.3 Å². The minimum Gasteiger partial charge on any atom is -0.497 e. The number of rotatable bonds is 4. The normalized spacial score (nSPS) is 13.9. The van der Waals surface area contributed by atoms with Gasteiger partial charge >= 0.3 is 0 Å². The molecule has 0 saturated heterocycles. The summed E-state index contributed by atoms with van der Waals surface area (Å²) in [6.07, 6.45) is 2.20. The van der Waals surface area contributed by atoms with E-state index >= 15 is 0 Å². The molecule has 24 heavy (non-hydrogen) atoms. The highest BCUT2D eigenvalue weighted by Crippen LogP contribution is 2.40. The molecule has 0 radical (unpaired) electrons. The van der Waals surface area contributed by atoms with E-state index in [1.165, 1.54) is 0 Å². The van der Waals surface area contributed by atoms with Crippen molar-refractivity contribution in [1.82, 2.24) is 10.1 Å². The number of hydrogen-bond donors (Lipinski definition) is 1. The second-order valence-corrected chi connectivity index (χ2v) is 6.00. The lowest BCUT2D eigenvalue weighted by molar-refractivity contribution is 0.102. The number of methoxy groups -OCH3 is 1. The molecule has 0 spiro atoms. The lowest BCUT2D eigenvalue weighted by Gasteiger charge is -2.08. The number of aromatic nitrogens is 2. The third kappa shape index (κ3) is 2.60. The quantitative estimate of drug-likeness (QED) is 0.792. The molecule has 1 amide bonds. The van der Waals surface area contributed by atoms with Crippen molar-refractivity contribution in [3.63, 3.8) is 0 Å². The van der Waals surface area contributed by atoms with Crippen molar-refractivity contribution in [1.29, 1.82) is 0 Å². The largest absolute Gasteiger partial charge is 0.497 e. The van der Waals surface area contributed by atoms with Crippen molar-refractivity contribution in [3.8, 4) is 5.75 Å². The average Bonchev–Trinajstić information content (AvgIpc) is 3.39.